The number of ether oxygens (including phenoxy) is 2. The van der Waals surface area contributed by atoms with Crippen LogP contribution in [-0.2, 0) is 26.1 Å². The Kier molecular flexibility index (Phi) is 6.41. The molecule has 2 rings (SSSR count). The van der Waals surface area contributed by atoms with Crippen LogP contribution < -0.4 is 4.74 Å². The van der Waals surface area contributed by atoms with Gasteiger partial charge in [0, 0.05) is 13.6 Å². The Hall–Kier alpha value is -2.09. The van der Waals surface area contributed by atoms with Gasteiger partial charge < -0.3 is 9.47 Å². The fraction of sp³-hybridized carbons (Fsp3) is 0.235. The number of carbonyl (C=O) groups is 1. The molecular weight excluding hydrogens is 366 g/mol. The lowest BCUT2D eigenvalue weighted by molar-refractivity contribution is -0.142. The van der Waals surface area contributed by atoms with Gasteiger partial charge in [-0.15, -0.1) is 0 Å². The van der Waals surface area contributed by atoms with Crippen LogP contribution in [0.5, 0.6) is 5.75 Å². The molecule has 2 aromatic rings. The van der Waals surface area contributed by atoms with E-state index in [9.17, 15) is 13.2 Å². The zero-order valence-corrected chi connectivity index (χ0v) is 15.4. The van der Waals surface area contributed by atoms with E-state index >= 15 is 0 Å². The lowest BCUT2D eigenvalue weighted by Gasteiger charge is -2.18. The van der Waals surface area contributed by atoms with Crippen LogP contribution in [0.25, 0.3) is 0 Å². The Morgan fingerprint density at radius 3 is 2.44 bits per heavy atom. The van der Waals surface area contributed by atoms with E-state index in [0.29, 0.717) is 0 Å². The van der Waals surface area contributed by atoms with Crippen LogP contribution >= 0.6 is 11.6 Å². The number of rotatable bonds is 7. The Balaban J connectivity index is 2.16. The van der Waals surface area contributed by atoms with Crippen LogP contribution in [0.4, 0.5) is 0 Å². The van der Waals surface area contributed by atoms with Gasteiger partial charge in [-0.3, -0.25) is 0 Å². The van der Waals surface area contributed by atoms with Crippen LogP contribution in [0.1, 0.15) is 5.56 Å². The molecule has 0 radical (unpaired) electrons. The number of hydrogen-bond donors (Lipinski definition) is 0. The number of nitrogens with zero attached hydrogens (tertiary/aromatic N) is 1. The maximum atomic E-state index is 12.7. The van der Waals surface area contributed by atoms with E-state index in [-0.39, 0.29) is 28.8 Å². The van der Waals surface area contributed by atoms with Crippen molar-refractivity contribution in [1.29, 1.82) is 0 Å². The molecule has 0 aliphatic heterocycles. The molecule has 0 aliphatic carbocycles. The molecule has 0 saturated carbocycles. The highest BCUT2D eigenvalue weighted by Crippen LogP contribution is 2.28. The van der Waals surface area contributed by atoms with Gasteiger partial charge in [-0.05, 0) is 23.8 Å². The van der Waals surface area contributed by atoms with E-state index in [1.807, 2.05) is 30.3 Å². The Morgan fingerprint density at radius 1 is 1.16 bits per heavy atom. The minimum Gasteiger partial charge on any atom is -0.480 e. The molecule has 6 nitrogen and oxygen atoms in total. The first kappa shape index (κ1) is 19.2. The van der Waals surface area contributed by atoms with E-state index in [1.54, 1.807) is 0 Å². The first-order valence-corrected chi connectivity index (χ1v) is 9.16. The van der Waals surface area contributed by atoms with Gasteiger partial charge in [-0.25, -0.2) is 13.2 Å². The topological polar surface area (TPSA) is 72.9 Å². The van der Waals surface area contributed by atoms with Crippen molar-refractivity contribution in [1.82, 2.24) is 4.31 Å². The Morgan fingerprint density at radius 2 is 1.84 bits per heavy atom. The van der Waals surface area contributed by atoms with Crippen LogP contribution in [0, 0.1) is 0 Å². The van der Waals surface area contributed by atoms with Crippen molar-refractivity contribution in [3.05, 3.63) is 59.1 Å². The fourth-order valence-electron chi connectivity index (χ4n) is 2.06. The number of hydrogen-bond acceptors (Lipinski definition) is 5. The van der Waals surface area contributed by atoms with Crippen molar-refractivity contribution >= 4 is 27.6 Å². The van der Waals surface area contributed by atoms with E-state index < -0.39 is 16.0 Å². The average molecular weight is 384 g/mol. The van der Waals surface area contributed by atoms with Gasteiger partial charge in [0.15, 0.2) is 6.61 Å². The molecule has 2 aromatic carbocycles. The summed E-state index contributed by atoms with van der Waals surface area (Å²) in [4.78, 5) is 11.1. The second-order valence-electron chi connectivity index (χ2n) is 5.20. The first-order chi connectivity index (χ1) is 11.8. The number of benzene rings is 2. The summed E-state index contributed by atoms with van der Waals surface area (Å²) >= 11 is 6.07. The van der Waals surface area contributed by atoms with Crippen molar-refractivity contribution in [2.45, 2.75) is 11.4 Å². The molecule has 0 N–H and O–H groups in total. The number of halogens is 1. The average Bonchev–Trinajstić information content (AvgIpc) is 2.61. The summed E-state index contributed by atoms with van der Waals surface area (Å²) in [6.45, 7) is -0.0718. The summed E-state index contributed by atoms with van der Waals surface area (Å²) in [7, 11) is -0.971. The molecule has 134 valence electrons. The molecule has 0 bridgehead atoms. The van der Waals surface area contributed by atoms with E-state index in [2.05, 4.69) is 4.74 Å². The highest BCUT2D eigenvalue weighted by atomic mass is 35.5. The summed E-state index contributed by atoms with van der Waals surface area (Å²) in [5.74, 6) is -0.355. The van der Waals surface area contributed by atoms with Gasteiger partial charge in [-0.2, -0.15) is 4.31 Å². The molecule has 0 amide bonds. The SMILES string of the molecule is COC(=O)COc1ccc(S(=O)(=O)N(C)Cc2ccccc2)cc1Cl. The van der Waals surface area contributed by atoms with Crippen molar-refractivity contribution in [3.8, 4) is 5.75 Å². The van der Waals surface area contributed by atoms with Crippen molar-refractivity contribution < 1.29 is 22.7 Å². The third-order valence-electron chi connectivity index (χ3n) is 3.43. The zero-order valence-electron chi connectivity index (χ0n) is 13.8. The van der Waals surface area contributed by atoms with Gasteiger partial charge >= 0.3 is 5.97 Å². The minimum atomic E-state index is -3.71. The lowest BCUT2D eigenvalue weighted by atomic mass is 10.2. The molecule has 0 aliphatic rings. The van der Waals surface area contributed by atoms with Gasteiger partial charge in [0.1, 0.15) is 5.75 Å². The number of carbonyl (C=O) groups excluding carboxylic acids is 1. The van der Waals surface area contributed by atoms with Gasteiger partial charge in [0.05, 0.1) is 17.0 Å². The maximum absolute atomic E-state index is 12.7. The monoisotopic (exact) mass is 383 g/mol. The smallest absolute Gasteiger partial charge is 0.343 e. The number of sulfonamides is 1. The molecule has 0 unspecified atom stereocenters. The quantitative estimate of drug-likeness (QED) is 0.687. The van der Waals surface area contributed by atoms with E-state index in [1.165, 1.54) is 36.7 Å². The predicted octanol–water partition coefficient (Wildman–Crippen LogP) is 2.71. The van der Waals surface area contributed by atoms with Crippen molar-refractivity contribution in [3.63, 3.8) is 0 Å². The van der Waals surface area contributed by atoms with Gasteiger partial charge in [0.2, 0.25) is 10.0 Å². The third-order valence-corrected chi connectivity index (χ3v) is 5.53. The summed E-state index contributed by atoms with van der Waals surface area (Å²) in [5.41, 5.74) is 0.873. The highest BCUT2D eigenvalue weighted by Gasteiger charge is 2.22. The second-order valence-corrected chi connectivity index (χ2v) is 7.66. The molecule has 8 heteroatoms. The maximum Gasteiger partial charge on any atom is 0.343 e. The summed E-state index contributed by atoms with van der Waals surface area (Å²) < 4.78 is 36.2. The first-order valence-electron chi connectivity index (χ1n) is 7.34. The van der Waals surface area contributed by atoms with Crippen LogP contribution in [0.3, 0.4) is 0 Å². The van der Waals surface area contributed by atoms with Gasteiger partial charge in [0.25, 0.3) is 0 Å². The molecule has 0 fully saturated rings. The largest absolute Gasteiger partial charge is 0.480 e. The highest BCUT2D eigenvalue weighted by molar-refractivity contribution is 7.89. The van der Waals surface area contributed by atoms with Crippen molar-refractivity contribution in [2.24, 2.45) is 0 Å². The molecule has 0 spiro atoms. The summed E-state index contributed by atoms with van der Waals surface area (Å²) in [5, 5.41) is 0.0955. The third kappa shape index (κ3) is 4.94. The standard InChI is InChI=1S/C17H18ClNO5S/c1-19(11-13-6-4-3-5-7-13)25(21,22)14-8-9-16(15(18)10-14)24-12-17(20)23-2/h3-10H,11-12H2,1-2H3. The molecular formula is C17H18ClNO5S. The second kappa shape index (κ2) is 8.33. The van der Waals surface area contributed by atoms with E-state index in [0.717, 1.165) is 5.56 Å². The minimum absolute atomic E-state index is 0.0429. The van der Waals surface area contributed by atoms with Crippen LogP contribution in [0.15, 0.2) is 53.4 Å². The predicted molar refractivity (Wildman–Crippen MR) is 94.1 cm³/mol. The lowest BCUT2D eigenvalue weighted by Crippen LogP contribution is -2.26. The summed E-state index contributed by atoms with van der Waals surface area (Å²) in [6, 6.07) is 13.4. The fourth-order valence-corrected chi connectivity index (χ4v) is 3.55. The molecule has 0 heterocycles. The molecule has 0 aromatic heterocycles. The molecule has 25 heavy (non-hydrogen) atoms. The Labute approximate surface area is 152 Å². The molecule has 0 saturated heterocycles. The van der Waals surface area contributed by atoms with Gasteiger partial charge in [-0.1, -0.05) is 41.9 Å². The van der Waals surface area contributed by atoms with E-state index in [4.69, 9.17) is 16.3 Å². The number of methoxy groups -OCH3 is 1. The Bertz CT molecular complexity index is 839. The number of esters is 1. The summed E-state index contributed by atoms with van der Waals surface area (Å²) in [6.07, 6.45) is 0. The van der Waals surface area contributed by atoms with Crippen molar-refractivity contribution in [2.75, 3.05) is 20.8 Å². The van der Waals surface area contributed by atoms with Crippen LogP contribution in [-0.4, -0.2) is 39.5 Å². The normalized spacial score (nSPS) is 11.4. The molecule has 0 atom stereocenters. The zero-order chi connectivity index (χ0) is 18.4. The van der Waals surface area contributed by atoms with Crippen LogP contribution in [0.2, 0.25) is 5.02 Å².